The van der Waals surface area contributed by atoms with E-state index < -0.39 is 31.0 Å². The van der Waals surface area contributed by atoms with Gasteiger partial charge in [0.05, 0.1) is 21.7 Å². The van der Waals surface area contributed by atoms with E-state index in [0.29, 0.717) is 12.5 Å². The predicted octanol–water partition coefficient (Wildman–Crippen LogP) is 3.23. The van der Waals surface area contributed by atoms with Crippen LogP contribution < -0.4 is 5.32 Å². The van der Waals surface area contributed by atoms with E-state index in [1.54, 1.807) is 12.1 Å². The first-order chi connectivity index (χ1) is 13.2. The monoisotopic (exact) mass is 425 g/mol. The Morgan fingerprint density at radius 1 is 1.11 bits per heavy atom. The number of allylic oxidation sites excluding steroid dienone is 1. The normalized spacial score (nSPS) is 25.0. The van der Waals surface area contributed by atoms with Crippen molar-refractivity contribution in [3.8, 4) is 0 Å². The van der Waals surface area contributed by atoms with Crippen LogP contribution in [-0.4, -0.2) is 46.2 Å². The van der Waals surface area contributed by atoms with Gasteiger partial charge in [-0.3, -0.25) is 0 Å². The molecule has 156 valence electrons. The Morgan fingerprint density at radius 3 is 2.43 bits per heavy atom. The van der Waals surface area contributed by atoms with Crippen molar-refractivity contribution >= 4 is 19.7 Å². The fourth-order valence-electron chi connectivity index (χ4n) is 4.08. The average Bonchev–Trinajstić information content (AvgIpc) is 2.98. The second-order valence-corrected chi connectivity index (χ2v) is 12.6. The molecule has 0 unspecified atom stereocenters. The van der Waals surface area contributed by atoms with Gasteiger partial charge in [-0.05, 0) is 62.3 Å². The molecule has 1 N–H and O–H groups in total. The molecule has 1 aliphatic heterocycles. The van der Waals surface area contributed by atoms with E-state index >= 15 is 0 Å². The van der Waals surface area contributed by atoms with Gasteiger partial charge in [0, 0.05) is 6.04 Å². The van der Waals surface area contributed by atoms with E-state index in [9.17, 15) is 16.8 Å². The molecule has 0 saturated carbocycles. The lowest BCUT2D eigenvalue weighted by atomic mass is 9.97. The number of nitrogens with one attached hydrogen (secondary N) is 1. The molecule has 0 amide bonds. The third-order valence-corrected chi connectivity index (χ3v) is 9.98. The minimum absolute atomic E-state index is 0.111. The van der Waals surface area contributed by atoms with Crippen LogP contribution in [-0.2, 0) is 19.7 Å². The molecule has 1 saturated heterocycles. The molecule has 3 rings (SSSR count). The first kappa shape index (κ1) is 21.5. The lowest BCUT2D eigenvalue weighted by Gasteiger charge is -2.21. The Labute approximate surface area is 169 Å². The summed E-state index contributed by atoms with van der Waals surface area (Å²) in [6.45, 7) is 4.72. The Bertz CT molecular complexity index is 916. The average molecular weight is 426 g/mol. The first-order valence-electron chi connectivity index (χ1n) is 10.1. The summed E-state index contributed by atoms with van der Waals surface area (Å²) in [6, 6.07) is 6.31. The van der Waals surface area contributed by atoms with Crippen LogP contribution in [0.4, 0.5) is 0 Å². The largest absolute Gasteiger partial charge is 0.311 e. The summed E-state index contributed by atoms with van der Waals surface area (Å²) in [6.07, 6.45) is 7.75. The maximum Gasteiger partial charge on any atom is 0.183 e. The van der Waals surface area contributed by atoms with Crippen molar-refractivity contribution in [3.05, 3.63) is 41.5 Å². The number of benzene rings is 1. The van der Waals surface area contributed by atoms with E-state index in [2.05, 4.69) is 25.2 Å². The molecule has 0 radical (unpaired) electrons. The molecule has 0 spiro atoms. The van der Waals surface area contributed by atoms with Gasteiger partial charge < -0.3 is 5.32 Å². The molecular formula is C21H31NO4S2. The van der Waals surface area contributed by atoms with Crippen LogP contribution >= 0.6 is 0 Å². The number of hydrogen-bond acceptors (Lipinski definition) is 5. The SMILES string of the molecule is CC(C)c1ccc(S(=O)(=O)[C@H]2CS(=O)(=O)C[C@@H]2NCCC2=CCCCC2)cc1. The number of sulfone groups is 2. The minimum Gasteiger partial charge on any atom is -0.311 e. The van der Waals surface area contributed by atoms with Crippen molar-refractivity contribution in [2.75, 3.05) is 18.1 Å². The maximum absolute atomic E-state index is 13.2. The second kappa shape index (κ2) is 8.67. The lowest BCUT2D eigenvalue weighted by Crippen LogP contribution is -2.43. The Morgan fingerprint density at radius 2 is 1.82 bits per heavy atom. The Hall–Kier alpha value is -1.18. The lowest BCUT2D eigenvalue weighted by molar-refractivity contribution is 0.523. The highest BCUT2D eigenvalue weighted by atomic mass is 32.2. The second-order valence-electron chi connectivity index (χ2n) is 8.30. The van der Waals surface area contributed by atoms with Crippen molar-refractivity contribution in [1.82, 2.24) is 5.32 Å². The van der Waals surface area contributed by atoms with Gasteiger partial charge >= 0.3 is 0 Å². The molecule has 1 heterocycles. The molecule has 0 aromatic heterocycles. The van der Waals surface area contributed by atoms with Crippen molar-refractivity contribution in [2.24, 2.45) is 0 Å². The molecule has 28 heavy (non-hydrogen) atoms. The van der Waals surface area contributed by atoms with E-state index in [1.165, 1.54) is 18.4 Å². The summed E-state index contributed by atoms with van der Waals surface area (Å²) in [7, 11) is -7.08. The van der Waals surface area contributed by atoms with E-state index in [0.717, 1.165) is 24.8 Å². The zero-order valence-electron chi connectivity index (χ0n) is 16.7. The molecule has 2 aliphatic rings. The highest BCUT2D eigenvalue weighted by Crippen LogP contribution is 2.27. The molecular weight excluding hydrogens is 394 g/mol. The van der Waals surface area contributed by atoms with Crippen LogP contribution in [0.25, 0.3) is 0 Å². The predicted molar refractivity (Wildman–Crippen MR) is 113 cm³/mol. The fraction of sp³-hybridized carbons (Fsp3) is 0.619. The smallest absolute Gasteiger partial charge is 0.183 e. The van der Waals surface area contributed by atoms with Gasteiger partial charge in [0.1, 0.15) is 0 Å². The van der Waals surface area contributed by atoms with E-state index in [-0.39, 0.29) is 16.4 Å². The van der Waals surface area contributed by atoms with Gasteiger partial charge in [-0.15, -0.1) is 0 Å². The molecule has 1 aromatic carbocycles. The van der Waals surface area contributed by atoms with Crippen LogP contribution in [0.2, 0.25) is 0 Å². The van der Waals surface area contributed by atoms with Crippen LogP contribution in [0.15, 0.2) is 40.8 Å². The molecule has 1 aliphatic carbocycles. The molecule has 7 heteroatoms. The van der Waals surface area contributed by atoms with Crippen LogP contribution in [0.5, 0.6) is 0 Å². The highest BCUT2D eigenvalue weighted by molar-refractivity contribution is 7.96. The third kappa shape index (κ3) is 5.05. The van der Waals surface area contributed by atoms with Crippen molar-refractivity contribution in [1.29, 1.82) is 0 Å². The van der Waals surface area contributed by atoms with Crippen LogP contribution in [0, 0.1) is 0 Å². The van der Waals surface area contributed by atoms with Gasteiger partial charge in [0.25, 0.3) is 0 Å². The van der Waals surface area contributed by atoms with Gasteiger partial charge in [0.2, 0.25) is 0 Å². The minimum atomic E-state index is -3.71. The van der Waals surface area contributed by atoms with Crippen molar-refractivity contribution < 1.29 is 16.8 Å². The zero-order valence-corrected chi connectivity index (χ0v) is 18.4. The summed E-state index contributed by atoms with van der Waals surface area (Å²) < 4.78 is 50.8. The topological polar surface area (TPSA) is 80.3 Å². The zero-order chi connectivity index (χ0) is 20.4. The summed E-state index contributed by atoms with van der Waals surface area (Å²) in [5.41, 5.74) is 2.46. The summed E-state index contributed by atoms with van der Waals surface area (Å²) >= 11 is 0. The van der Waals surface area contributed by atoms with Gasteiger partial charge in [-0.2, -0.15) is 0 Å². The van der Waals surface area contributed by atoms with Crippen molar-refractivity contribution in [2.45, 2.75) is 68.1 Å². The van der Waals surface area contributed by atoms with Gasteiger partial charge in [-0.1, -0.05) is 37.6 Å². The molecule has 0 bridgehead atoms. The standard InChI is InChI=1S/C21H31NO4S2/c1-16(2)18-8-10-19(11-9-18)28(25,26)21-15-27(23,24)14-20(21)22-13-12-17-6-4-3-5-7-17/h6,8-11,16,20-22H,3-5,7,12-15H2,1-2H3/t20-,21-/m0/s1. The Kier molecular flexibility index (Phi) is 6.67. The van der Waals surface area contributed by atoms with Gasteiger partial charge in [-0.25, -0.2) is 16.8 Å². The van der Waals surface area contributed by atoms with Crippen LogP contribution in [0.1, 0.15) is 57.4 Å². The van der Waals surface area contributed by atoms with E-state index in [4.69, 9.17) is 0 Å². The van der Waals surface area contributed by atoms with Crippen LogP contribution in [0.3, 0.4) is 0 Å². The molecule has 2 atom stereocenters. The third-order valence-electron chi connectivity index (χ3n) is 5.81. The summed E-state index contributed by atoms with van der Waals surface area (Å²) in [4.78, 5) is 0.209. The summed E-state index contributed by atoms with van der Waals surface area (Å²) in [5.74, 6) is -0.103. The van der Waals surface area contributed by atoms with Gasteiger partial charge in [0.15, 0.2) is 19.7 Å². The molecule has 1 fully saturated rings. The molecule has 1 aromatic rings. The Balaban J connectivity index is 1.73. The maximum atomic E-state index is 13.2. The highest BCUT2D eigenvalue weighted by Gasteiger charge is 2.45. The quantitative estimate of drug-likeness (QED) is 0.679. The number of hydrogen-bond donors (Lipinski definition) is 1. The summed E-state index contributed by atoms with van der Waals surface area (Å²) in [5, 5.41) is 2.31. The van der Waals surface area contributed by atoms with Crippen molar-refractivity contribution in [3.63, 3.8) is 0 Å². The number of rotatable bonds is 7. The first-order valence-corrected chi connectivity index (χ1v) is 13.5. The fourth-order valence-corrected chi connectivity index (χ4v) is 8.80. The van der Waals surface area contributed by atoms with E-state index in [1.807, 2.05) is 12.1 Å². The molecule has 5 nitrogen and oxygen atoms in total.